The van der Waals surface area contributed by atoms with Gasteiger partial charge in [-0.3, -0.25) is 9.59 Å². The Balaban J connectivity index is 1.17. The fraction of sp³-hybridized carbons (Fsp3) is 0.500. The van der Waals surface area contributed by atoms with Crippen LogP contribution in [0.4, 0.5) is 11.4 Å². The fourth-order valence-electron chi connectivity index (χ4n) is 4.85. The summed E-state index contributed by atoms with van der Waals surface area (Å²) < 4.78 is 5.90. The average molecular weight is 479 g/mol. The number of carbonyl (C=O) groups excluding carboxylic acids is 2. The molecule has 2 aromatic carbocycles. The Morgan fingerprint density at radius 1 is 0.600 bits per heavy atom. The molecule has 0 unspecified atom stereocenters. The number of hydrogen-bond donors (Lipinski definition) is 4. The highest BCUT2D eigenvalue weighted by atomic mass is 16.5. The molecule has 7 heteroatoms. The van der Waals surface area contributed by atoms with Crippen LogP contribution in [0, 0.1) is 0 Å². The van der Waals surface area contributed by atoms with Crippen molar-refractivity contribution in [2.24, 2.45) is 0 Å². The third kappa shape index (κ3) is 8.67. The second-order valence-corrected chi connectivity index (χ2v) is 9.68. The van der Waals surface area contributed by atoms with Gasteiger partial charge in [0, 0.05) is 23.5 Å². The van der Waals surface area contributed by atoms with Crippen LogP contribution in [0.5, 0.6) is 11.5 Å². The van der Waals surface area contributed by atoms with Crippen LogP contribution in [0.3, 0.4) is 0 Å². The maximum atomic E-state index is 12.2. The third-order valence-electron chi connectivity index (χ3n) is 6.82. The predicted octanol–water partition coefficient (Wildman–Crippen LogP) is 5.20. The summed E-state index contributed by atoms with van der Waals surface area (Å²) in [5.74, 6) is 1.29. The van der Waals surface area contributed by atoms with E-state index in [2.05, 4.69) is 21.3 Å². The Morgan fingerprint density at radius 2 is 0.971 bits per heavy atom. The molecule has 0 atom stereocenters. The molecule has 0 saturated heterocycles. The van der Waals surface area contributed by atoms with E-state index in [4.69, 9.17) is 4.74 Å². The van der Waals surface area contributed by atoms with Gasteiger partial charge in [0.1, 0.15) is 11.5 Å². The molecule has 2 saturated carbocycles. The number of carbonyl (C=O) groups is 2. The lowest BCUT2D eigenvalue weighted by Crippen LogP contribution is -2.37. The lowest BCUT2D eigenvalue weighted by molar-refractivity contribution is -0.116. The third-order valence-corrected chi connectivity index (χ3v) is 6.82. The number of amides is 2. The SMILES string of the molecule is O=C(CNC1CCCCC1)Nc1ccc(Oc2ccc(NC(=O)CNC3CCCCC3)cc2)cc1. The first-order chi connectivity index (χ1) is 17.1. The van der Waals surface area contributed by atoms with Gasteiger partial charge in [0.15, 0.2) is 0 Å². The number of anilines is 2. The quantitative estimate of drug-likeness (QED) is 0.377. The largest absolute Gasteiger partial charge is 0.457 e. The normalized spacial score (nSPS) is 17.0. The molecule has 2 aromatic rings. The standard InChI is InChI=1S/C28H38N4O3/c33-27(19-29-21-7-3-1-4-8-21)31-23-11-15-25(16-12-23)35-26-17-13-24(14-18-26)32-28(34)20-30-22-9-5-2-6-10-22/h11-18,21-22,29-30H,1-10,19-20H2,(H,31,33)(H,32,34). The van der Waals surface area contributed by atoms with Gasteiger partial charge >= 0.3 is 0 Å². The summed E-state index contributed by atoms with van der Waals surface area (Å²) in [5, 5.41) is 12.6. The molecular formula is C28H38N4O3. The molecule has 0 heterocycles. The van der Waals surface area contributed by atoms with Crippen molar-refractivity contribution in [3.63, 3.8) is 0 Å². The van der Waals surface area contributed by atoms with E-state index in [-0.39, 0.29) is 11.8 Å². The van der Waals surface area contributed by atoms with E-state index in [0.29, 0.717) is 36.7 Å². The molecule has 0 radical (unpaired) electrons. The lowest BCUT2D eigenvalue weighted by atomic mass is 9.95. The molecule has 2 amide bonds. The zero-order valence-corrected chi connectivity index (χ0v) is 20.5. The van der Waals surface area contributed by atoms with E-state index in [1.165, 1.54) is 38.5 Å². The Hall–Kier alpha value is -2.90. The van der Waals surface area contributed by atoms with Crippen LogP contribution >= 0.6 is 0 Å². The van der Waals surface area contributed by atoms with Crippen LogP contribution in [0.15, 0.2) is 48.5 Å². The van der Waals surface area contributed by atoms with E-state index in [9.17, 15) is 9.59 Å². The molecule has 0 aromatic heterocycles. The highest BCUT2D eigenvalue weighted by molar-refractivity contribution is 5.92. The maximum absolute atomic E-state index is 12.2. The number of hydrogen-bond acceptors (Lipinski definition) is 5. The molecular weight excluding hydrogens is 440 g/mol. The topological polar surface area (TPSA) is 91.5 Å². The van der Waals surface area contributed by atoms with Gasteiger partial charge in [0.2, 0.25) is 11.8 Å². The van der Waals surface area contributed by atoms with Crippen LogP contribution in [0.1, 0.15) is 64.2 Å². The minimum absolute atomic E-state index is 0.0316. The Labute approximate surface area is 208 Å². The molecule has 4 rings (SSSR count). The molecule has 0 bridgehead atoms. The Bertz CT molecular complexity index is 856. The van der Waals surface area contributed by atoms with Crippen molar-refractivity contribution in [2.75, 3.05) is 23.7 Å². The molecule has 35 heavy (non-hydrogen) atoms. The van der Waals surface area contributed by atoms with Gasteiger partial charge in [-0.2, -0.15) is 0 Å². The van der Waals surface area contributed by atoms with Crippen LogP contribution in [-0.4, -0.2) is 37.0 Å². The minimum Gasteiger partial charge on any atom is -0.457 e. The van der Waals surface area contributed by atoms with Crippen molar-refractivity contribution in [2.45, 2.75) is 76.3 Å². The summed E-state index contributed by atoms with van der Waals surface area (Å²) in [6.07, 6.45) is 12.2. The maximum Gasteiger partial charge on any atom is 0.238 e. The lowest BCUT2D eigenvalue weighted by Gasteiger charge is -2.22. The number of nitrogens with one attached hydrogen (secondary N) is 4. The van der Waals surface area contributed by atoms with E-state index in [1.54, 1.807) is 0 Å². The molecule has 0 spiro atoms. The second kappa shape index (κ2) is 13.3. The van der Waals surface area contributed by atoms with Crippen LogP contribution in [-0.2, 0) is 9.59 Å². The summed E-state index contributed by atoms with van der Waals surface area (Å²) in [6, 6.07) is 15.6. The van der Waals surface area contributed by atoms with Crippen molar-refractivity contribution < 1.29 is 14.3 Å². The van der Waals surface area contributed by atoms with E-state index < -0.39 is 0 Å². The van der Waals surface area contributed by atoms with Crippen molar-refractivity contribution in [1.29, 1.82) is 0 Å². The smallest absolute Gasteiger partial charge is 0.238 e. The van der Waals surface area contributed by atoms with Gasteiger partial charge in [-0.25, -0.2) is 0 Å². The first kappa shape index (κ1) is 25.2. The summed E-state index contributed by atoms with van der Waals surface area (Å²) in [7, 11) is 0. The van der Waals surface area contributed by atoms with E-state index in [0.717, 1.165) is 37.1 Å². The average Bonchev–Trinajstić information content (AvgIpc) is 2.90. The van der Waals surface area contributed by atoms with Crippen molar-refractivity contribution in [3.05, 3.63) is 48.5 Å². The first-order valence-corrected chi connectivity index (χ1v) is 13.1. The predicted molar refractivity (Wildman–Crippen MR) is 140 cm³/mol. The second-order valence-electron chi connectivity index (χ2n) is 9.68. The van der Waals surface area contributed by atoms with Gasteiger partial charge in [-0.15, -0.1) is 0 Å². The summed E-state index contributed by atoms with van der Waals surface area (Å²) >= 11 is 0. The first-order valence-electron chi connectivity index (χ1n) is 13.1. The molecule has 188 valence electrons. The van der Waals surface area contributed by atoms with Crippen LogP contribution in [0.25, 0.3) is 0 Å². The molecule has 2 aliphatic carbocycles. The van der Waals surface area contributed by atoms with E-state index >= 15 is 0 Å². The Kier molecular flexibility index (Phi) is 9.55. The monoisotopic (exact) mass is 478 g/mol. The van der Waals surface area contributed by atoms with Crippen molar-refractivity contribution >= 4 is 23.2 Å². The Morgan fingerprint density at radius 3 is 1.34 bits per heavy atom. The highest BCUT2D eigenvalue weighted by Crippen LogP contribution is 2.25. The number of benzene rings is 2. The molecule has 4 N–H and O–H groups in total. The molecule has 7 nitrogen and oxygen atoms in total. The molecule has 2 aliphatic rings. The van der Waals surface area contributed by atoms with Crippen LogP contribution in [0.2, 0.25) is 0 Å². The van der Waals surface area contributed by atoms with Crippen LogP contribution < -0.4 is 26.0 Å². The van der Waals surface area contributed by atoms with Crippen molar-refractivity contribution in [3.8, 4) is 11.5 Å². The molecule has 2 fully saturated rings. The van der Waals surface area contributed by atoms with Gasteiger partial charge in [0.25, 0.3) is 0 Å². The van der Waals surface area contributed by atoms with Gasteiger partial charge in [0.05, 0.1) is 13.1 Å². The van der Waals surface area contributed by atoms with E-state index in [1.807, 2.05) is 48.5 Å². The zero-order chi connectivity index (χ0) is 24.3. The van der Waals surface area contributed by atoms with Gasteiger partial charge in [-0.1, -0.05) is 38.5 Å². The summed E-state index contributed by atoms with van der Waals surface area (Å²) in [5.41, 5.74) is 1.49. The molecule has 0 aliphatic heterocycles. The fourth-order valence-corrected chi connectivity index (χ4v) is 4.85. The zero-order valence-electron chi connectivity index (χ0n) is 20.5. The summed E-state index contributed by atoms with van der Waals surface area (Å²) in [6.45, 7) is 0.672. The summed E-state index contributed by atoms with van der Waals surface area (Å²) in [4.78, 5) is 24.4. The number of rotatable bonds is 10. The van der Waals surface area contributed by atoms with Crippen molar-refractivity contribution in [1.82, 2.24) is 10.6 Å². The number of ether oxygens (including phenoxy) is 1. The van der Waals surface area contributed by atoms with Gasteiger partial charge < -0.3 is 26.0 Å². The minimum atomic E-state index is -0.0316. The van der Waals surface area contributed by atoms with Gasteiger partial charge in [-0.05, 0) is 74.2 Å². The highest BCUT2D eigenvalue weighted by Gasteiger charge is 2.15.